The second-order valence-electron chi connectivity index (χ2n) is 5.01. The van der Waals surface area contributed by atoms with Crippen LogP contribution in [0.25, 0.3) is 0 Å². The van der Waals surface area contributed by atoms with Gasteiger partial charge in [-0.25, -0.2) is 9.78 Å². The number of carbonyl (C=O) groups is 2. The summed E-state index contributed by atoms with van der Waals surface area (Å²) >= 11 is 1.17. The van der Waals surface area contributed by atoms with Crippen LogP contribution in [0.2, 0.25) is 0 Å². The van der Waals surface area contributed by atoms with Crippen LogP contribution in [0.5, 0.6) is 11.5 Å². The standard InChI is InChI=1S/C16H19N3O5S/c1-23-13-4-3-10(5-14(13)24-2)6-17-7-11(9-20)25-16-18-8-12(19-16)15(21)22/h3-5,8-9,11,17H,6-7H2,1-2H3,(H,18,19)(H,21,22). The molecule has 2 aromatic rings. The van der Waals surface area contributed by atoms with Gasteiger partial charge in [0.05, 0.1) is 19.5 Å². The van der Waals surface area contributed by atoms with Crippen molar-refractivity contribution in [2.45, 2.75) is 17.0 Å². The SMILES string of the molecule is COc1ccc(CNCC(C=O)Sc2nc(C(=O)O)c[nH]2)cc1OC. The van der Waals surface area contributed by atoms with Crippen molar-refractivity contribution in [3.63, 3.8) is 0 Å². The van der Waals surface area contributed by atoms with Crippen molar-refractivity contribution in [2.75, 3.05) is 20.8 Å². The normalized spacial score (nSPS) is 11.8. The number of aromatic nitrogens is 2. The van der Waals surface area contributed by atoms with Gasteiger partial charge in [0.2, 0.25) is 0 Å². The van der Waals surface area contributed by atoms with E-state index in [0.29, 0.717) is 29.7 Å². The molecule has 3 N–H and O–H groups in total. The number of aldehydes is 1. The number of carboxylic acids is 1. The summed E-state index contributed by atoms with van der Waals surface area (Å²) in [6.45, 7) is 0.954. The van der Waals surface area contributed by atoms with Crippen molar-refractivity contribution in [2.24, 2.45) is 0 Å². The molecule has 8 nitrogen and oxygen atoms in total. The van der Waals surface area contributed by atoms with Gasteiger partial charge in [0.1, 0.15) is 6.29 Å². The Morgan fingerprint density at radius 1 is 1.40 bits per heavy atom. The molecule has 0 bridgehead atoms. The molecule has 25 heavy (non-hydrogen) atoms. The number of aromatic carboxylic acids is 1. The average Bonchev–Trinajstić information content (AvgIpc) is 3.09. The number of hydrogen-bond donors (Lipinski definition) is 3. The predicted octanol–water partition coefficient (Wildman–Crippen LogP) is 1.57. The van der Waals surface area contributed by atoms with Crippen LogP contribution in [0.15, 0.2) is 29.6 Å². The van der Waals surface area contributed by atoms with Gasteiger partial charge in [-0.1, -0.05) is 17.8 Å². The second-order valence-corrected chi connectivity index (χ2v) is 6.24. The Morgan fingerprint density at radius 2 is 2.16 bits per heavy atom. The number of imidazole rings is 1. The molecule has 9 heteroatoms. The molecule has 0 saturated heterocycles. The molecule has 2 rings (SSSR count). The Morgan fingerprint density at radius 3 is 2.76 bits per heavy atom. The lowest BCUT2D eigenvalue weighted by Crippen LogP contribution is -2.25. The van der Waals surface area contributed by atoms with Gasteiger partial charge in [-0.3, -0.25) is 0 Å². The van der Waals surface area contributed by atoms with E-state index in [1.165, 1.54) is 18.0 Å². The van der Waals surface area contributed by atoms with Crippen LogP contribution in [0.1, 0.15) is 16.1 Å². The van der Waals surface area contributed by atoms with Gasteiger partial charge in [0, 0.05) is 19.3 Å². The maximum Gasteiger partial charge on any atom is 0.356 e. The van der Waals surface area contributed by atoms with Crippen molar-refractivity contribution in [3.8, 4) is 11.5 Å². The highest BCUT2D eigenvalue weighted by Crippen LogP contribution is 2.27. The van der Waals surface area contributed by atoms with Crippen molar-refractivity contribution >= 4 is 24.0 Å². The van der Waals surface area contributed by atoms with E-state index in [-0.39, 0.29) is 5.69 Å². The molecule has 1 heterocycles. The first-order chi connectivity index (χ1) is 12.1. The summed E-state index contributed by atoms with van der Waals surface area (Å²) in [4.78, 5) is 28.7. The first-order valence-corrected chi connectivity index (χ1v) is 8.27. The first-order valence-electron chi connectivity index (χ1n) is 7.39. The fourth-order valence-electron chi connectivity index (χ4n) is 2.08. The molecule has 0 fully saturated rings. The van der Waals surface area contributed by atoms with Crippen molar-refractivity contribution in [3.05, 3.63) is 35.7 Å². The Balaban J connectivity index is 1.88. The van der Waals surface area contributed by atoms with Crippen molar-refractivity contribution in [1.29, 1.82) is 0 Å². The summed E-state index contributed by atoms with van der Waals surface area (Å²) < 4.78 is 10.4. The minimum Gasteiger partial charge on any atom is -0.493 e. The lowest BCUT2D eigenvalue weighted by atomic mass is 10.2. The molecule has 134 valence electrons. The van der Waals surface area contributed by atoms with Gasteiger partial charge >= 0.3 is 5.97 Å². The zero-order valence-electron chi connectivity index (χ0n) is 13.8. The summed E-state index contributed by atoms with van der Waals surface area (Å²) in [5.41, 5.74) is 0.906. The van der Waals surface area contributed by atoms with E-state index < -0.39 is 11.2 Å². The van der Waals surface area contributed by atoms with Gasteiger partial charge in [-0.15, -0.1) is 0 Å². The summed E-state index contributed by atoms with van der Waals surface area (Å²) in [6.07, 6.45) is 2.10. The van der Waals surface area contributed by atoms with Gasteiger partial charge in [-0.05, 0) is 17.7 Å². The van der Waals surface area contributed by atoms with Gasteiger partial charge in [0.25, 0.3) is 0 Å². The number of nitrogens with one attached hydrogen (secondary N) is 2. The molecule has 0 aliphatic rings. The van der Waals surface area contributed by atoms with Crippen molar-refractivity contribution < 1.29 is 24.2 Å². The largest absolute Gasteiger partial charge is 0.493 e. The summed E-state index contributed by atoms with van der Waals surface area (Å²) in [5.74, 6) is 0.178. The van der Waals surface area contributed by atoms with Crippen molar-refractivity contribution in [1.82, 2.24) is 15.3 Å². The summed E-state index contributed by atoms with van der Waals surface area (Å²) in [5, 5.41) is 12.0. The van der Waals surface area contributed by atoms with Crippen LogP contribution >= 0.6 is 11.8 Å². The number of H-pyrrole nitrogens is 1. The van der Waals surface area contributed by atoms with Crippen LogP contribution in [0.3, 0.4) is 0 Å². The molecular weight excluding hydrogens is 346 g/mol. The third-order valence-electron chi connectivity index (χ3n) is 3.31. The summed E-state index contributed by atoms with van der Waals surface area (Å²) in [6, 6.07) is 5.59. The Bertz CT molecular complexity index is 734. The fraction of sp³-hybridized carbons (Fsp3) is 0.312. The zero-order chi connectivity index (χ0) is 18.2. The number of hydrogen-bond acceptors (Lipinski definition) is 7. The quantitative estimate of drug-likeness (QED) is 0.429. The molecule has 0 aliphatic heterocycles. The topological polar surface area (TPSA) is 114 Å². The highest BCUT2D eigenvalue weighted by molar-refractivity contribution is 8.00. The lowest BCUT2D eigenvalue weighted by molar-refractivity contribution is -0.107. The minimum absolute atomic E-state index is 0.0783. The lowest BCUT2D eigenvalue weighted by Gasteiger charge is -2.12. The smallest absolute Gasteiger partial charge is 0.356 e. The van der Waals surface area contributed by atoms with Gasteiger partial charge < -0.3 is 29.7 Å². The number of aromatic amines is 1. The number of benzene rings is 1. The molecule has 0 spiro atoms. The number of carbonyl (C=O) groups excluding carboxylic acids is 1. The van der Waals surface area contributed by atoms with E-state index in [1.807, 2.05) is 18.2 Å². The van der Waals surface area contributed by atoms with E-state index in [0.717, 1.165) is 11.8 Å². The number of thioether (sulfide) groups is 1. The molecule has 1 aromatic carbocycles. The monoisotopic (exact) mass is 365 g/mol. The zero-order valence-corrected chi connectivity index (χ0v) is 14.6. The number of carboxylic acid groups (broad SMARTS) is 1. The Labute approximate surface area is 148 Å². The number of methoxy groups -OCH3 is 2. The number of rotatable bonds is 10. The van der Waals surface area contributed by atoms with E-state index in [9.17, 15) is 9.59 Å². The van der Waals surface area contributed by atoms with E-state index >= 15 is 0 Å². The molecule has 0 radical (unpaired) electrons. The fourth-order valence-corrected chi connectivity index (χ4v) is 2.91. The van der Waals surface area contributed by atoms with E-state index in [2.05, 4.69) is 15.3 Å². The predicted molar refractivity (Wildman–Crippen MR) is 92.5 cm³/mol. The van der Waals surface area contributed by atoms with Crippen LogP contribution in [-0.4, -0.2) is 53.3 Å². The molecule has 0 saturated carbocycles. The van der Waals surface area contributed by atoms with E-state index in [1.54, 1.807) is 14.2 Å². The number of nitrogens with zero attached hydrogens (tertiary/aromatic N) is 1. The third-order valence-corrected chi connectivity index (χ3v) is 4.32. The molecular formula is C16H19N3O5S. The molecule has 1 unspecified atom stereocenters. The number of ether oxygens (including phenoxy) is 2. The molecule has 0 amide bonds. The van der Waals surface area contributed by atoms with Crippen LogP contribution < -0.4 is 14.8 Å². The van der Waals surface area contributed by atoms with Gasteiger partial charge in [-0.2, -0.15) is 0 Å². The Kier molecular flexibility index (Phi) is 6.84. The Hall–Kier alpha value is -2.52. The van der Waals surface area contributed by atoms with Gasteiger partial charge in [0.15, 0.2) is 22.3 Å². The highest BCUT2D eigenvalue weighted by Gasteiger charge is 2.14. The maximum absolute atomic E-state index is 11.2. The molecule has 1 aromatic heterocycles. The van der Waals surface area contributed by atoms with Crippen LogP contribution in [0.4, 0.5) is 0 Å². The highest BCUT2D eigenvalue weighted by atomic mass is 32.2. The molecule has 1 atom stereocenters. The van der Waals surface area contributed by atoms with Crippen LogP contribution in [-0.2, 0) is 11.3 Å². The maximum atomic E-state index is 11.2. The summed E-state index contributed by atoms with van der Waals surface area (Å²) in [7, 11) is 3.15. The van der Waals surface area contributed by atoms with Crippen LogP contribution in [0, 0.1) is 0 Å². The minimum atomic E-state index is -1.11. The first kappa shape index (κ1) is 18.8. The molecule has 0 aliphatic carbocycles. The van der Waals surface area contributed by atoms with E-state index in [4.69, 9.17) is 14.6 Å². The average molecular weight is 365 g/mol. The second kappa shape index (κ2) is 9.09. The third kappa shape index (κ3) is 5.23.